The van der Waals surface area contributed by atoms with E-state index in [2.05, 4.69) is 9.97 Å². The SMILES string of the molecule is O=C(O)c1cccnc1Oc1cccc2[nH]ccc12. The van der Waals surface area contributed by atoms with Gasteiger partial charge < -0.3 is 14.8 Å². The number of carbonyl (C=O) groups is 1. The highest BCUT2D eigenvalue weighted by molar-refractivity contribution is 5.91. The summed E-state index contributed by atoms with van der Waals surface area (Å²) in [6.45, 7) is 0. The minimum atomic E-state index is -1.07. The summed E-state index contributed by atoms with van der Waals surface area (Å²) in [5.74, 6) is -0.409. The molecular formula is C14H10N2O3. The topological polar surface area (TPSA) is 75.2 Å². The van der Waals surface area contributed by atoms with E-state index < -0.39 is 5.97 Å². The standard InChI is InChI=1S/C14H10N2O3/c17-14(18)10-3-2-7-16-13(10)19-12-5-1-4-11-9(12)6-8-15-11/h1-8,15H,(H,17,18). The van der Waals surface area contributed by atoms with Crippen LogP contribution in [-0.2, 0) is 0 Å². The van der Waals surface area contributed by atoms with Crippen molar-refractivity contribution in [3.8, 4) is 11.6 Å². The number of pyridine rings is 1. The van der Waals surface area contributed by atoms with Crippen LogP contribution in [0.1, 0.15) is 10.4 Å². The molecular weight excluding hydrogens is 244 g/mol. The number of aromatic nitrogens is 2. The van der Waals surface area contributed by atoms with E-state index in [1.54, 1.807) is 18.3 Å². The lowest BCUT2D eigenvalue weighted by molar-refractivity contribution is 0.0693. The Morgan fingerprint density at radius 2 is 2.11 bits per heavy atom. The summed E-state index contributed by atoms with van der Waals surface area (Å²) in [5.41, 5.74) is 0.959. The number of aromatic amines is 1. The number of carboxylic acids is 1. The number of benzene rings is 1. The van der Waals surface area contributed by atoms with Crippen LogP contribution in [0.15, 0.2) is 48.8 Å². The third-order valence-corrected chi connectivity index (χ3v) is 2.76. The van der Waals surface area contributed by atoms with Gasteiger partial charge in [0.05, 0.1) is 0 Å². The Morgan fingerprint density at radius 3 is 2.95 bits per heavy atom. The summed E-state index contributed by atoms with van der Waals surface area (Å²) >= 11 is 0. The Balaban J connectivity index is 2.06. The molecule has 0 bridgehead atoms. The minimum Gasteiger partial charge on any atom is -0.477 e. The fourth-order valence-electron chi connectivity index (χ4n) is 1.88. The Morgan fingerprint density at radius 1 is 1.21 bits per heavy atom. The van der Waals surface area contributed by atoms with Gasteiger partial charge in [0.25, 0.3) is 0 Å². The van der Waals surface area contributed by atoms with Crippen LogP contribution < -0.4 is 4.74 Å². The van der Waals surface area contributed by atoms with Crippen LogP contribution in [0.3, 0.4) is 0 Å². The quantitative estimate of drug-likeness (QED) is 0.753. The molecule has 0 amide bonds. The Kier molecular flexibility index (Phi) is 2.64. The average Bonchev–Trinajstić information content (AvgIpc) is 2.88. The van der Waals surface area contributed by atoms with E-state index in [0.29, 0.717) is 5.75 Å². The van der Waals surface area contributed by atoms with E-state index in [0.717, 1.165) is 10.9 Å². The molecule has 94 valence electrons. The number of ether oxygens (including phenoxy) is 1. The first-order chi connectivity index (χ1) is 9.25. The first-order valence-corrected chi connectivity index (χ1v) is 5.68. The molecule has 2 heterocycles. The van der Waals surface area contributed by atoms with Crippen molar-refractivity contribution in [3.05, 3.63) is 54.4 Å². The van der Waals surface area contributed by atoms with Gasteiger partial charge in [0, 0.05) is 23.3 Å². The monoisotopic (exact) mass is 254 g/mol. The van der Waals surface area contributed by atoms with Crippen molar-refractivity contribution >= 4 is 16.9 Å². The number of aromatic carboxylic acids is 1. The lowest BCUT2D eigenvalue weighted by Gasteiger charge is -2.08. The van der Waals surface area contributed by atoms with E-state index in [1.807, 2.05) is 18.2 Å². The molecule has 5 heteroatoms. The molecule has 2 N–H and O–H groups in total. The first kappa shape index (κ1) is 11.3. The van der Waals surface area contributed by atoms with Gasteiger partial charge in [0.1, 0.15) is 11.3 Å². The maximum atomic E-state index is 11.1. The van der Waals surface area contributed by atoms with Crippen LogP contribution in [0.25, 0.3) is 10.9 Å². The highest BCUT2D eigenvalue weighted by atomic mass is 16.5. The summed E-state index contributed by atoms with van der Waals surface area (Å²) in [4.78, 5) is 18.1. The van der Waals surface area contributed by atoms with Crippen LogP contribution in [0, 0.1) is 0 Å². The second kappa shape index (κ2) is 4.45. The molecule has 0 unspecified atom stereocenters. The molecule has 0 spiro atoms. The van der Waals surface area contributed by atoms with E-state index in [9.17, 15) is 4.79 Å². The second-order valence-corrected chi connectivity index (χ2v) is 3.96. The van der Waals surface area contributed by atoms with Gasteiger partial charge in [0.2, 0.25) is 5.88 Å². The molecule has 5 nitrogen and oxygen atoms in total. The lowest BCUT2D eigenvalue weighted by Crippen LogP contribution is -2.01. The van der Waals surface area contributed by atoms with E-state index >= 15 is 0 Å². The van der Waals surface area contributed by atoms with E-state index in [4.69, 9.17) is 9.84 Å². The van der Waals surface area contributed by atoms with Gasteiger partial charge in [-0.3, -0.25) is 0 Å². The number of rotatable bonds is 3. The average molecular weight is 254 g/mol. The molecule has 0 radical (unpaired) electrons. The van der Waals surface area contributed by atoms with Crippen LogP contribution >= 0.6 is 0 Å². The minimum absolute atomic E-state index is 0.0371. The Bertz CT molecular complexity index is 749. The van der Waals surface area contributed by atoms with Gasteiger partial charge >= 0.3 is 5.97 Å². The fourth-order valence-corrected chi connectivity index (χ4v) is 1.88. The highest BCUT2D eigenvalue weighted by Gasteiger charge is 2.13. The molecule has 0 aliphatic carbocycles. The van der Waals surface area contributed by atoms with Crippen molar-refractivity contribution in [2.75, 3.05) is 0 Å². The van der Waals surface area contributed by atoms with Crippen LogP contribution in [-0.4, -0.2) is 21.0 Å². The van der Waals surface area contributed by atoms with Crippen molar-refractivity contribution < 1.29 is 14.6 Å². The molecule has 0 saturated carbocycles. The van der Waals surface area contributed by atoms with Gasteiger partial charge in [-0.2, -0.15) is 0 Å². The Hall–Kier alpha value is -2.82. The predicted octanol–water partition coefficient (Wildman–Crippen LogP) is 3.05. The molecule has 0 saturated heterocycles. The largest absolute Gasteiger partial charge is 0.477 e. The number of nitrogens with one attached hydrogen (secondary N) is 1. The van der Waals surface area contributed by atoms with Gasteiger partial charge in [0.15, 0.2) is 0 Å². The maximum Gasteiger partial charge on any atom is 0.341 e. The summed E-state index contributed by atoms with van der Waals surface area (Å²) in [7, 11) is 0. The van der Waals surface area contributed by atoms with Crippen LogP contribution in [0.2, 0.25) is 0 Å². The Labute approximate surface area is 108 Å². The number of H-pyrrole nitrogens is 1. The van der Waals surface area contributed by atoms with E-state index in [-0.39, 0.29) is 11.4 Å². The molecule has 0 fully saturated rings. The first-order valence-electron chi connectivity index (χ1n) is 5.68. The summed E-state index contributed by atoms with van der Waals surface area (Å²) in [5, 5.41) is 9.97. The zero-order chi connectivity index (χ0) is 13.2. The molecule has 19 heavy (non-hydrogen) atoms. The zero-order valence-electron chi connectivity index (χ0n) is 9.83. The number of hydrogen-bond donors (Lipinski definition) is 2. The van der Waals surface area contributed by atoms with Gasteiger partial charge in [-0.05, 0) is 30.3 Å². The summed E-state index contributed by atoms with van der Waals surface area (Å²) in [6.07, 6.45) is 3.30. The number of nitrogens with zero attached hydrogens (tertiary/aromatic N) is 1. The number of hydrogen-bond acceptors (Lipinski definition) is 3. The molecule has 3 rings (SSSR count). The van der Waals surface area contributed by atoms with Crippen molar-refractivity contribution in [2.45, 2.75) is 0 Å². The lowest BCUT2D eigenvalue weighted by atomic mass is 10.2. The van der Waals surface area contributed by atoms with Crippen molar-refractivity contribution in [1.82, 2.24) is 9.97 Å². The molecule has 0 aliphatic rings. The number of fused-ring (bicyclic) bond motifs is 1. The third-order valence-electron chi connectivity index (χ3n) is 2.76. The van der Waals surface area contributed by atoms with Crippen LogP contribution in [0.4, 0.5) is 0 Å². The molecule has 2 aromatic heterocycles. The van der Waals surface area contributed by atoms with Crippen molar-refractivity contribution in [3.63, 3.8) is 0 Å². The zero-order valence-corrected chi connectivity index (χ0v) is 9.83. The maximum absolute atomic E-state index is 11.1. The van der Waals surface area contributed by atoms with E-state index in [1.165, 1.54) is 12.3 Å². The summed E-state index contributed by atoms with van der Waals surface area (Å²) in [6, 6.07) is 10.4. The number of carboxylic acid groups (broad SMARTS) is 1. The highest BCUT2D eigenvalue weighted by Crippen LogP contribution is 2.29. The van der Waals surface area contributed by atoms with Gasteiger partial charge in [-0.25, -0.2) is 9.78 Å². The van der Waals surface area contributed by atoms with Crippen molar-refractivity contribution in [1.29, 1.82) is 0 Å². The normalized spacial score (nSPS) is 10.5. The van der Waals surface area contributed by atoms with Crippen LogP contribution in [0.5, 0.6) is 11.6 Å². The fraction of sp³-hybridized carbons (Fsp3) is 0. The van der Waals surface area contributed by atoms with Crippen molar-refractivity contribution in [2.24, 2.45) is 0 Å². The molecule has 0 atom stereocenters. The molecule has 3 aromatic rings. The third kappa shape index (κ3) is 2.01. The van der Waals surface area contributed by atoms with Gasteiger partial charge in [-0.1, -0.05) is 6.07 Å². The van der Waals surface area contributed by atoms with Gasteiger partial charge in [-0.15, -0.1) is 0 Å². The summed E-state index contributed by atoms with van der Waals surface area (Å²) < 4.78 is 5.63. The molecule has 0 aliphatic heterocycles. The smallest absolute Gasteiger partial charge is 0.341 e. The second-order valence-electron chi connectivity index (χ2n) is 3.96. The molecule has 1 aromatic carbocycles. The predicted molar refractivity (Wildman–Crippen MR) is 69.6 cm³/mol.